The van der Waals surface area contributed by atoms with Crippen molar-refractivity contribution in [3.63, 3.8) is 0 Å². The highest BCUT2D eigenvalue weighted by molar-refractivity contribution is 5.92. The number of carbonyl (C=O) groups is 1. The fourth-order valence-corrected chi connectivity index (χ4v) is 3.48. The molecule has 1 N–H and O–H groups in total. The number of allylic oxidation sites excluding steroid dienone is 4. The SMILES string of the molecule is C=C/C(=C\C=C/C)OC1CCN(c2cccc3nc(NC(=O)C4CC4)nn23)CC1. The highest BCUT2D eigenvalue weighted by Crippen LogP contribution is 2.30. The molecule has 0 aromatic carbocycles. The molecular formula is C22H27N5O2. The summed E-state index contributed by atoms with van der Waals surface area (Å²) in [7, 11) is 0. The molecule has 1 saturated carbocycles. The largest absolute Gasteiger partial charge is 0.490 e. The van der Waals surface area contributed by atoms with Crippen molar-refractivity contribution in [1.29, 1.82) is 0 Å². The second-order valence-electron chi connectivity index (χ2n) is 7.46. The minimum Gasteiger partial charge on any atom is -0.490 e. The molecule has 0 radical (unpaired) electrons. The molecule has 0 unspecified atom stereocenters. The van der Waals surface area contributed by atoms with Crippen LogP contribution in [0.2, 0.25) is 0 Å². The molecule has 0 bridgehead atoms. The average Bonchev–Trinajstić information content (AvgIpc) is 3.51. The summed E-state index contributed by atoms with van der Waals surface area (Å²) in [5.74, 6) is 2.30. The standard InChI is InChI=1S/C22H27N5O2/c1-3-5-7-17(4-2)29-18-12-14-26(15-13-18)20-9-6-8-19-23-22(25-27(19)20)24-21(28)16-10-11-16/h3-9,16,18H,2,10-15H2,1H3,(H,24,25,28)/b5-3-,17-7+. The molecule has 0 atom stereocenters. The van der Waals surface area contributed by atoms with Gasteiger partial charge in [-0.2, -0.15) is 9.50 Å². The molecule has 1 aliphatic heterocycles. The van der Waals surface area contributed by atoms with Crippen LogP contribution < -0.4 is 10.2 Å². The van der Waals surface area contributed by atoms with Gasteiger partial charge >= 0.3 is 0 Å². The molecule has 29 heavy (non-hydrogen) atoms. The van der Waals surface area contributed by atoms with E-state index < -0.39 is 0 Å². The van der Waals surface area contributed by atoms with Gasteiger partial charge in [0.1, 0.15) is 17.7 Å². The number of fused-ring (bicyclic) bond motifs is 1. The van der Waals surface area contributed by atoms with E-state index in [0.29, 0.717) is 5.95 Å². The van der Waals surface area contributed by atoms with Gasteiger partial charge in [-0.1, -0.05) is 24.8 Å². The van der Waals surface area contributed by atoms with Crippen LogP contribution in [0.3, 0.4) is 0 Å². The zero-order chi connectivity index (χ0) is 20.2. The van der Waals surface area contributed by atoms with Gasteiger partial charge in [-0.25, -0.2) is 0 Å². The van der Waals surface area contributed by atoms with Gasteiger partial charge in [-0.15, -0.1) is 5.10 Å². The number of rotatable bonds is 7. The Morgan fingerprint density at radius 1 is 1.28 bits per heavy atom. The van der Waals surface area contributed by atoms with Gasteiger partial charge in [0.15, 0.2) is 5.65 Å². The molecule has 4 rings (SSSR count). The third kappa shape index (κ3) is 4.50. The number of anilines is 2. The monoisotopic (exact) mass is 393 g/mol. The molecule has 7 heteroatoms. The number of hydrogen-bond donors (Lipinski definition) is 1. The maximum Gasteiger partial charge on any atom is 0.249 e. The Morgan fingerprint density at radius 3 is 2.76 bits per heavy atom. The van der Waals surface area contributed by atoms with E-state index in [1.165, 1.54) is 0 Å². The number of pyridine rings is 1. The fraction of sp³-hybridized carbons (Fsp3) is 0.409. The van der Waals surface area contributed by atoms with Crippen LogP contribution in [0, 0.1) is 5.92 Å². The first-order valence-corrected chi connectivity index (χ1v) is 10.2. The predicted octanol–water partition coefficient (Wildman–Crippen LogP) is 3.71. The van der Waals surface area contributed by atoms with Gasteiger partial charge in [0.25, 0.3) is 0 Å². The number of amides is 1. The van der Waals surface area contributed by atoms with Gasteiger partial charge in [0.05, 0.1) is 0 Å². The molecule has 1 aliphatic carbocycles. The summed E-state index contributed by atoms with van der Waals surface area (Å²) in [6, 6.07) is 5.92. The van der Waals surface area contributed by atoms with Crippen LogP contribution in [0.4, 0.5) is 11.8 Å². The maximum atomic E-state index is 12.0. The van der Waals surface area contributed by atoms with Crippen molar-refractivity contribution >= 4 is 23.3 Å². The Balaban J connectivity index is 1.43. The van der Waals surface area contributed by atoms with E-state index in [1.54, 1.807) is 6.08 Å². The van der Waals surface area contributed by atoms with Crippen LogP contribution in [0.25, 0.3) is 5.65 Å². The highest BCUT2D eigenvalue weighted by Gasteiger charge is 2.30. The first kappa shape index (κ1) is 19.2. The lowest BCUT2D eigenvalue weighted by Crippen LogP contribution is -2.38. The molecule has 1 saturated heterocycles. The Hall–Kier alpha value is -3.09. The molecule has 152 valence electrons. The zero-order valence-electron chi connectivity index (χ0n) is 16.8. The van der Waals surface area contributed by atoms with E-state index in [9.17, 15) is 4.79 Å². The lowest BCUT2D eigenvalue weighted by molar-refractivity contribution is -0.117. The number of nitrogens with zero attached hydrogens (tertiary/aromatic N) is 4. The lowest BCUT2D eigenvalue weighted by atomic mass is 10.1. The van der Waals surface area contributed by atoms with E-state index in [2.05, 4.69) is 26.9 Å². The normalized spacial score (nSPS) is 18.4. The minimum atomic E-state index is 0.0180. The first-order chi connectivity index (χ1) is 14.2. The summed E-state index contributed by atoms with van der Waals surface area (Å²) in [5, 5.41) is 7.36. The Morgan fingerprint density at radius 2 is 2.07 bits per heavy atom. The van der Waals surface area contributed by atoms with Crippen molar-refractivity contribution in [2.45, 2.75) is 38.7 Å². The van der Waals surface area contributed by atoms with Crippen molar-refractivity contribution in [2.75, 3.05) is 23.3 Å². The van der Waals surface area contributed by atoms with E-state index in [0.717, 1.165) is 56.0 Å². The summed E-state index contributed by atoms with van der Waals surface area (Å²) in [6.45, 7) is 7.53. The number of ether oxygens (including phenoxy) is 1. The molecule has 2 aromatic heterocycles. The van der Waals surface area contributed by atoms with Gasteiger partial charge in [0.2, 0.25) is 11.9 Å². The Bertz CT molecular complexity index is 949. The van der Waals surface area contributed by atoms with Crippen molar-refractivity contribution in [3.05, 3.63) is 54.8 Å². The van der Waals surface area contributed by atoms with Gasteiger partial charge in [-0.3, -0.25) is 10.1 Å². The van der Waals surface area contributed by atoms with E-state index >= 15 is 0 Å². The third-order valence-electron chi connectivity index (χ3n) is 5.25. The van der Waals surface area contributed by atoms with E-state index in [4.69, 9.17) is 4.74 Å². The van der Waals surface area contributed by atoms with E-state index in [1.807, 2.05) is 47.9 Å². The predicted molar refractivity (Wildman–Crippen MR) is 114 cm³/mol. The molecule has 3 heterocycles. The molecular weight excluding hydrogens is 366 g/mol. The second-order valence-corrected chi connectivity index (χ2v) is 7.46. The molecule has 7 nitrogen and oxygen atoms in total. The number of nitrogens with one attached hydrogen (secondary N) is 1. The van der Waals surface area contributed by atoms with Crippen LogP contribution >= 0.6 is 0 Å². The van der Waals surface area contributed by atoms with Crippen LogP contribution in [-0.2, 0) is 9.53 Å². The summed E-state index contributed by atoms with van der Waals surface area (Å²) in [5.41, 5.74) is 0.732. The fourth-order valence-electron chi connectivity index (χ4n) is 3.48. The van der Waals surface area contributed by atoms with E-state index in [-0.39, 0.29) is 17.9 Å². The summed E-state index contributed by atoms with van der Waals surface area (Å²) >= 11 is 0. The summed E-state index contributed by atoms with van der Waals surface area (Å²) < 4.78 is 7.88. The zero-order valence-corrected chi connectivity index (χ0v) is 16.8. The van der Waals surface area contributed by atoms with Gasteiger partial charge in [0, 0.05) is 31.8 Å². The van der Waals surface area contributed by atoms with Crippen molar-refractivity contribution in [1.82, 2.24) is 14.6 Å². The quantitative estimate of drug-likeness (QED) is 0.574. The number of piperidine rings is 1. The second kappa shape index (κ2) is 8.51. The van der Waals surface area contributed by atoms with Crippen molar-refractivity contribution < 1.29 is 9.53 Å². The van der Waals surface area contributed by atoms with Gasteiger partial charge in [-0.05, 0) is 44.1 Å². The van der Waals surface area contributed by atoms with Crippen molar-refractivity contribution in [3.8, 4) is 0 Å². The van der Waals surface area contributed by atoms with Gasteiger partial charge < -0.3 is 9.64 Å². The van der Waals surface area contributed by atoms with Crippen LogP contribution in [0.5, 0.6) is 0 Å². The number of aromatic nitrogens is 3. The number of hydrogen-bond acceptors (Lipinski definition) is 5. The third-order valence-corrected chi connectivity index (χ3v) is 5.25. The van der Waals surface area contributed by atoms with Crippen LogP contribution in [0.15, 0.2) is 54.8 Å². The Kier molecular flexibility index (Phi) is 5.64. The highest BCUT2D eigenvalue weighted by atomic mass is 16.5. The minimum absolute atomic E-state index is 0.0180. The first-order valence-electron chi connectivity index (χ1n) is 10.2. The summed E-state index contributed by atoms with van der Waals surface area (Å²) in [6.07, 6.45) is 11.5. The van der Waals surface area contributed by atoms with Crippen molar-refractivity contribution in [2.24, 2.45) is 5.92 Å². The van der Waals surface area contributed by atoms with Crippen LogP contribution in [-0.4, -0.2) is 39.7 Å². The molecule has 1 amide bonds. The maximum absolute atomic E-state index is 12.0. The molecule has 0 spiro atoms. The number of carbonyl (C=O) groups excluding carboxylic acids is 1. The molecule has 2 aromatic rings. The van der Waals surface area contributed by atoms with Crippen LogP contribution in [0.1, 0.15) is 32.6 Å². The molecule has 2 aliphatic rings. The lowest BCUT2D eigenvalue weighted by Gasteiger charge is -2.33. The smallest absolute Gasteiger partial charge is 0.249 e. The Labute approximate surface area is 170 Å². The average molecular weight is 393 g/mol. The topological polar surface area (TPSA) is 71.8 Å². The summed E-state index contributed by atoms with van der Waals surface area (Å²) in [4.78, 5) is 18.8. The molecule has 2 fully saturated rings.